The normalized spacial score (nSPS) is 14.8. The number of rotatable bonds is 3. The van der Waals surface area contributed by atoms with Gasteiger partial charge in [0.15, 0.2) is 0 Å². The van der Waals surface area contributed by atoms with Gasteiger partial charge in [-0.15, -0.1) is 0 Å². The van der Waals surface area contributed by atoms with E-state index in [1.165, 1.54) is 24.3 Å². The van der Waals surface area contributed by atoms with Crippen LogP contribution in [0.5, 0.6) is 0 Å². The summed E-state index contributed by atoms with van der Waals surface area (Å²) in [7, 11) is 0.654. The van der Waals surface area contributed by atoms with Gasteiger partial charge in [-0.1, -0.05) is 30.3 Å². The highest BCUT2D eigenvalue weighted by molar-refractivity contribution is 8.13. The first-order valence-corrected chi connectivity index (χ1v) is 6.72. The van der Waals surface area contributed by atoms with Crippen LogP contribution in [0.2, 0.25) is 0 Å². The highest BCUT2D eigenvalue weighted by atomic mass is 35.7. The lowest BCUT2D eigenvalue weighted by molar-refractivity contribution is -0.145. The molecular weight excluding hydrogens is 265 g/mol. The van der Waals surface area contributed by atoms with Crippen LogP contribution in [-0.4, -0.2) is 20.3 Å². The number of alkyl halides is 3. The Morgan fingerprint density at radius 3 is 2.06 bits per heavy atom. The van der Waals surface area contributed by atoms with Crippen LogP contribution in [0.1, 0.15) is 11.5 Å². The molecule has 16 heavy (non-hydrogen) atoms. The fourth-order valence-electron chi connectivity index (χ4n) is 1.26. The molecular formula is C9H8ClF3O2S. The van der Waals surface area contributed by atoms with Gasteiger partial charge in [-0.25, -0.2) is 8.42 Å². The van der Waals surface area contributed by atoms with Crippen LogP contribution in [0.3, 0.4) is 0 Å². The van der Waals surface area contributed by atoms with E-state index in [2.05, 4.69) is 0 Å². The monoisotopic (exact) mass is 272 g/mol. The third-order valence-corrected chi connectivity index (χ3v) is 3.07. The first kappa shape index (κ1) is 13.3. The van der Waals surface area contributed by atoms with Crippen molar-refractivity contribution in [3.8, 4) is 0 Å². The van der Waals surface area contributed by atoms with Crippen LogP contribution in [-0.2, 0) is 9.05 Å². The average molecular weight is 273 g/mol. The molecule has 0 aliphatic carbocycles. The molecule has 90 valence electrons. The van der Waals surface area contributed by atoms with Crippen molar-refractivity contribution in [3.05, 3.63) is 35.9 Å². The SMILES string of the molecule is O=S(=O)(Cl)CC(c1ccccc1)C(F)(F)F. The quantitative estimate of drug-likeness (QED) is 0.793. The van der Waals surface area contributed by atoms with Crippen molar-refractivity contribution >= 4 is 19.7 Å². The Bertz CT molecular complexity index is 442. The Labute approximate surface area is 95.5 Å². The smallest absolute Gasteiger partial charge is 0.212 e. The highest BCUT2D eigenvalue weighted by Gasteiger charge is 2.42. The maximum atomic E-state index is 12.6. The fraction of sp³-hybridized carbons (Fsp3) is 0.333. The summed E-state index contributed by atoms with van der Waals surface area (Å²) in [4.78, 5) is 0. The molecule has 7 heteroatoms. The second-order valence-electron chi connectivity index (χ2n) is 3.21. The van der Waals surface area contributed by atoms with Gasteiger partial charge in [0.2, 0.25) is 9.05 Å². The molecule has 0 amide bonds. The lowest BCUT2D eigenvalue weighted by Crippen LogP contribution is -2.26. The molecule has 0 radical (unpaired) electrons. The van der Waals surface area contributed by atoms with Crippen molar-refractivity contribution in [2.24, 2.45) is 0 Å². The summed E-state index contributed by atoms with van der Waals surface area (Å²) >= 11 is 0. The maximum absolute atomic E-state index is 12.6. The summed E-state index contributed by atoms with van der Waals surface area (Å²) in [6, 6.07) is 6.82. The van der Waals surface area contributed by atoms with E-state index in [0.29, 0.717) is 0 Å². The Morgan fingerprint density at radius 1 is 1.19 bits per heavy atom. The Kier molecular flexibility index (Phi) is 3.85. The van der Waals surface area contributed by atoms with Gasteiger partial charge in [0, 0.05) is 10.7 Å². The molecule has 1 aromatic carbocycles. The second-order valence-corrected chi connectivity index (χ2v) is 6.03. The van der Waals surface area contributed by atoms with E-state index < -0.39 is 26.9 Å². The predicted molar refractivity (Wildman–Crippen MR) is 54.9 cm³/mol. The van der Waals surface area contributed by atoms with Gasteiger partial charge in [-0.2, -0.15) is 13.2 Å². The molecule has 1 atom stereocenters. The Morgan fingerprint density at radius 2 is 1.69 bits per heavy atom. The molecule has 0 fully saturated rings. The van der Waals surface area contributed by atoms with Crippen molar-refractivity contribution in [2.45, 2.75) is 12.1 Å². The van der Waals surface area contributed by atoms with Crippen LogP contribution in [0.15, 0.2) is 30.3 Å². The van der Waals surface area contributed by atoms with Crippen molar-refractivity contribution < 1.29 is 21.6 Å². The van der Waals surface area contributed by atoms with Gasteiger partial charge in [0.1, 0.15) is 0 Å². The lowest BCUT2D eigenvalue weighted by Gasteiger charge is -2.19. The standard InChI is InChI=1S/C9H8ClF3O2S/c10-16(14,15)6-8(9(11,12)13)7-4-2-1-3-5-7/h1-5,8H,6H2. The van der Waals surface area contributed by atoms with Crippen molar-refractivity contribution in [2.75, 3.05) is 5.75 Å². The summed E-state index contributed by atoms with van der Waals surface area (Å²) in [6.07, 6.45) is -4.64. The molecule has 1 aromatic rings. The minimum atomic E-state index is -4.64. The zero-order valence-corrected chi connectivity index (χ0v) is 9.48. The Hall–Kier alpha value is -0.750. The predicted octanol–water partition coefficient (Wildman–Crippen LogP) is 2.90. The third kappa shape index (κ3) is 4.02. The fourth-order valence-corrected chi connectivity index (χ4v) is 2.42. The van der Waals surface area contributed by atoms with Crippen LogP contribution < -0.4 is 0 Å². The third-order valence-electron chi connectivity index (χ3n) is 1.96. The number of benzene rings is 1. The topological polar surface area (TPSA) is 34.1 Å². The largest absolute Gasteiger partial charge is 0.396 e. The zero-order valence-electron chi connectivity index (χ0n) is 7.91. The first-order chi connectivity index (χ1) is 7.20. The minimum absolute atomic E-state index is 0.112. The summed E-state index contributed by atoms with van der Waals surface area (Å²) in [5.74, 6) is -3.24. The van der Waals surface area contributed by atoms with E-state index in [1.807, 2.05) is 0 Å². The average Bonchev–Trinajstić information content (AvgIpc) is 2.13. The molecule has 0 saturated carbocycles. The van der Waals surface area contributed by atoms with Gasteiger partial charge in [-0.05, 0) is 5.56 Å². The molecule has 0 aliphatic heterocycles. The van der Waals surface area contributed by atoms with Crippen molar-refractivity contribution in [1.29, 1.82) is 0 Å². The van der Waals surface area contributed by atoms with E-state index in [4.69, 9.17) is 10.7 Å². The van der Waals surface area contributed by atoms with Gasteiger partial charge >= 0.3 is 6.18 Å². The number of hydrogen-bond donors (Lipinski definition) is 0. The molecule has 0 saturated heterocycles. The zero-order chi connectivity index (χ0) is 12.4. The molecule has 1 unspecified atom stereocenters. The number of halogens is 4. The molecule has 0 N–H and O–H groups in total. The maximum Gasteiger partial charge on any atom is 0.396 e. The van der Waals surface area contributed by atoms with E-state index in [1.54, 1.807) is 6.07 Å². The van der Waals surface area contributed by atoms with Gasteiger partial charge in [0.05, 0.1) is 11.7 Å². The first-order valence-electron chi connectivity index (χ1n) is 4.24. The van der Waals surface area contributed by atoms with Crippen LogP contribution in [0.4, 0.5) is 13.2 Å². The highest BCUT2D eigenvalue weighted by Crippen LogP contribution is 2.36. The molecule has 0 aliphatic rings. The van der Waals surface area contributed by atoms with Crippen LogP contribution in [0, 0.1) is 0 Å². The summed E-state index contributed by atoms with van der Waals surface area (Å²) in [5, 5.41) is 0. The molecule has 0 bridgehead atoms. The van der Waals surface area contributed by atoms with Gasteiger partial charge < -0.3 is 0 Å². The molecule has 2 nitrogen and oxygen atoms in total. The second kappa shape index (κ2) is 4.63. The molecule has 0 heterocycles. The lowest BCUT2D eigenvalue weighted by atomic mass is 10.0. The van der Waals surface area contributed by atoms with E-state index in [9.17, 15) is 21.6 Å². The van der Waals surface area contributed by atoms with Crippen LogP contribution in [0.25, 0.3) is 0 Å². The van der Waals surface area contributed by atoms with E-state index >= 15 is 0 Å². The van der Waals surface area contributed by atoms with E-state index in [0.717, 1.165) is 0 Å². The summed E-state index contributed by atoms with van der Waals surface area (Å²) < 4.78 is 59.3. The van der Waals surface area contributed by atoms with E-state index in [-0.39, 0.29) is 5.56 Å². The summed E-state index contributed by atoms with van der Waals surface area (Å²) in [5.41, 5.74) is -0.112. The summed E-state index contributed by atoms with van der Waals surface area (Å²) in [6.45, 7) is 0. The number of hydrogen-bond acceptors (Lipinski definition) is 2. The Balaban J connectivity index is 3.08. The van der Waals surface area contributed by atoms with Crippen molar-refractivity contribution in [3.63, 3.8) is 0 Å². The molecule has 0 aromatic heterocycles. The minimum Gasteiger partial charge on any atom is -0.212 e. The van der Waals surface area contributed by atoms with Gasteiger partial charge in [-0.3, -0.25) is 0 Å². The molecule has 1 rings (SSSR count). The van der Waals surface area contributed by atoms with Gasteiger partial charge in [0.25, 0.3) is 0 Å². The van der Waals surface area contributed by atoms with Crippen molar-refractivity contribution in [1.82, 2.24) is 0 Å². The molecule has 0 spiro atoms. The van der Waals surface area contributed by atoms with Crippen LogP contribution >= 0.6 is 10.7 Å².